The molecule has 1 rings (SSSR count). The predicted octanol–water partition coefficient (Wildman–Crippen LogP) is 1.31. The van der Waals surface area contributed by atoms with E-state index >= 15 is 0 Å². The standard InChI is InChI=1S/C12H20N2O2/c1-3-9(2)11(13)12(15)14-7-6-10-5-4-8-16-10/h4-5,8-9,11H,3,6-7,13H2,1-2H3,(H,14,15)/t9-,11-/m0/s1. The van der Waals surface area contributed by atoms with Gasteiger partial charge in [0.25, 0.3) is 0 Å². The zero-order valence-corrected chi connectivity index (χ0v) is 9.90. The first-order valence-corrected chi connectivity index (χ1v) is 5.70. The van der Waals surface area contributed by atoms with Gasteiger partial charge in [-0.2, -0.15) is 0 Å². The minimum absolute atomic E-state index is 0.0825. The molecule has 4 nitrogen and oxygen atoms in total. The van der Waals surface area contributed by atoms with Crippen LogP contribution in [-0.2, 0) is 11.2 Å². The molecule has 0 saturated heterocycles. The molecule has 1 heterocycles. The minimum atomic E-state index is -0.415. The molecular formula is C12H20N2O2. The third kappa shape index (κ3) is 3.70. The first kappa shape index (κ1) is 12.8. The number of nitrogens with one attached hydrogen (secondary N) is 1. The summed E-state index contributed by atoms with van der Waals surface area (Å²) < 4.78 is 5.16. The van der Waals surface area contributed by atoms with E-state index in [0.29, 0.717) is 13.0 Å². The van der Waals surface area contributed by atoms with E-state index in [0.717, 1.165) is 12.2 Å². The van der Waals surface area contributed by atoms with Gasteiger partial charge in [-0.1, -0.05) is 20.3 Å². The number of carbonyl (C=O) groups excluding carboxylic acids is 1. The van der Waals surface area contributed by atoms with Gasteiger partial charge in [0.2, 0.25) is 5.91 Å². The Bertz CT molecular complexity index is 309. The van der Waals surface area contributed by atoms with E-state index in [9.17, 15) is 4.79 Å². The summed E-state index contributed by atoms with van der Waals surface area (Å²) in [7, 11) is 0. The van der Waals surface area contributed by atoms with E-state index in [-0.39, 0.29) is 11.8 Å². The topological polar surface area (TPSA) is 68.3 Å². The van der Waals surface area contributed by atoms with Crippen LogP contribution in [0.5, 0.6) is 0 Å². The van der Waals surface area contributed by atoms with Crippen molar-refractivity contribution in [3.63, 3.8) is 0 Å². The normalized spacial score (nSPS) is 14.4. The lowest BCUT2D eigenvalue weighted by atomic mass is 9.99. The second-order valence-electron chi connectivity index (χ2n) is 4.03. The van der Waals surface area contributed by atoms with Gasteiger partial charge in [-0.05, 0) is 18.1 Å². The SMILES string of the molecule is CC[C@H](C)[C@H](N)C(=O)NCCc1ccco1. The lowest BCUT2D eigenvalue weighted by Crippen LogP contribution is -2.45. The van der Waals surface area contributed by atoms with E-state index in [1.807, 2.05) is 26.0 Å². The number of rotatable bonds is 6. The van der Waals surface area contributed by atoms with Gasteiger partial charge < -0.3 is 15.5 Å². The Labute approximate surface area is 96.2 Å². The molecule has 0 aromatic carbocycles. The van der Waals surface area contributed by atoms with Crippen LogP contribution in [0.2, 0.25) is 0 Å². The van der Waals surface area contributed by atoms with Crippen molar-refractivity contribution in [1.29, 1.82) is 0 Å². The van der Waals surface area contributed by atoms with E-state index in [1.54, 1.807) is 6.26 Å². The fraction of sp³-hybridized carbons (Fsp3) is 0.583. The zero-order valence-electron chi connectivity index (χ0n) is 9.90. The molecule has 3 N–H and O–H groups in total. The molecule has 0 fully saturated rings. The molecule has 0 aliphatic heterocycles. The van der Waals surface area contributed by atoms with Crippen LogP contribution in [0.4, 0.5) is 0 Å². The molecule has 0 aliphatic carbocycles. The largest absolute Gasteiger partial charge is 0.469 e. The Morgan fingerprint density at radius 1 is 1.62 bits per heavy atom. The number of hydrogen-bond donors (Lipinski definition) is 2. The molecule has 0 spiro atoms. The Hall–Kier alpha value is -1.29. The van der Waals surface area contributed by atoms with Crippen LogP contribution in [-0.4, -0.2) is 18.5 Å². The van der Waals surface area contributed by atoms with E-state index in [1.165, 1.54) is 0 Å². The lowest BCUT2D eigenvalue weighted by molar-refractivity contribution is -0.123. The minimum Gasteiger partial charge on any atom is -0.469 e. The molecule has 4 heteroatoms. The Morgan fingerprint density at radius 2 is 2.38 bits per heavy atom. The van der Waals surface area contributed by atoms with Gasteiger partial charge in [-0.15, -0.1) is 0 Å². The van der Waals surface area contributed by atoms with Crippen molar-refractivity contribution in [2.75, 3.05) is 6.54 Å². The summed E-state index contributed by atoms with van der Waals surface area (Å²) in [6.07, 6.45) is 3.24. The van der Waals surface area contributed by atoms with Crippen LogP contribution in [0.3, 0.4) is 0 Å². The molecule has 0 bridgehead atoms. The number of amides is 1. The number of nitrogens with two attached hydrogens (primary N) is 1. The van der Waals surface area contributed by atoms with Crippen LogP contribution in [0.1, 0.15) is 26.0 Å². The maximum Gasteiger partial charge on any atom is 0.237 e. The summed E-state index contributed by atoms with van der Waals surface area (Å²) >= 11 is 0. The van der Waals surface area contributed by atoms with Crippen molar-refractivity contribution in [3.8, 4) is 0 Å². The van der Waals surface area contributed by atoms with E-state index in [4.69, 9.17) is 10.2 Å². The second-order valence-corrected chi connectivity index (χ2v) is 4.03. The monoisotopic (exact) mass is 224 g/mol. The molecule has 90 valence electrons. The molecule has 0 unspecified atom stereocenters. The Morgan fingerprint density at radius 3 is 2.94 bits per heavy atom. The summed E-state index contributed by atoms with van der Waals surface area (Å²) in [5, 5.41) is 2.81. The molecule has 0 radical (unpaired) electrons. The average Bonchev–Trinajstić information content (AvgIpc) is 2.79. The van der Waals surface area contributed by atoms with Crippen molar-refractivity contribution in [2.24, 2.45) is 11.7 Å². The highest BCUT2D eigenvalue weighted by Gasteiger charge is 2.18. The molecule has 2 atom stereocenters. The summed E-state index contributed by atoms with van der Waals surface area (Å²) in [5.74, 6) is 1.00. The van der Waals surface area contributed by atoms with Crippen LogP contribution < -0.4 is 11.1 Å². The smallest absolute Gasteiger partial charge is 0.237 e. The highest BCUT2D eigenvalue weighted by atomic mass is 16.3. The number of furan rings is 1. The van der Waals surface area contributed by atoms with Crippen molar-refractivity contribution in [1.82, 2.24) is 5.32 Å². The molecule has 1 amide bonds. The maximum absolute atomic E-state index is 11.6. The van der Waals surface area contributed by atoms with Crippen molar-refractivity contribution in [2.45, 2.75) is 32.7 Å². The van der Waals surface area contributed by atoms with Crippen LogP contribution in [0, 0.1) is 5.92 Å². The van der Waals surface area contributed by atoms with Gasteiger partial charge >= 0.3 is 0 Å². The third-order valence-electron chi connectivity index (χ3n) is 2.81. The molecule has 0 saturated carbocycles. The van der Waals surface area contributed by atoms with Gasteiger partial charge in [0.15, 0.2) is 0 Å². The van der Waals surface area contributed by atoms with E-state index in [2.05, 4.69) is 5.32 Å². The van der Waals surface area contributed by atoms with Crippen molar-refractivity contribution >= 4 is 5.91 Å². The Balaban J connectivity index is 2.24. The van der Waals surface area contributed by atoms with Gasteiger partial charge in [-0.3, -0.25) is 4.79 Å². The highest BCUT2D eigenvalue weighted by molar-refractivity contribution is 5.81. The predicted molar refractivity (Wildman–Crippen MR) is 62.9 cm³/mol. The molecular weight excluding hydrogens is 204 g/mol. The van der Waals surface area contributed by atoms with Gasteiger partial charge in [0.05, 0.1) is 12.3 Å². The van der Waals surface area contributed by atoms with Crippen molar-refractivity contribution in [3.05, 3.63) is 24.2 Å². The quantitative estimate of drug-likeness (QED) is 0.765. The Kier molecular flexibility index (Phi) is 5.05. The highest BCUT2D eigenvalue weighted by Crippen LogP contribution is 2.05. The first-order valence-electron chi connectivity index (χ1n) is 5.70. The summed E-state index contributed by atoms with van der Waals surface area (Å²) in [5.41, 5.74) is 5.80. The van der Waals surface area contributed by atoms with Gasteiger partial charge in [-0.25, -0.2) is 0 Å². The first-order chi connectivity index (χ1) is 7.65. The van der Waals surface area contributed by atoms with Gasteiger partial charge in [0, 0.05) is 13.0 Å². The van der Waals surface area contributed by atoms with Gasteiger partial charge in [0.1, 0.15) is 5.76 Å². The maximum atomic E-state index is 11.6. The average molecular weight is 224 g/mol. The van der Waals surface area contributed by atoms with E-state index < -0.39 is 6.04 Å². The van der Waals surface area contributed by atoms with Crippen LogP contribution >= 0.6 is 0 Å². The molecule has 1 aromatic heterocycles. The van der Waals surface area contributed by atoms with Crippen LogP contribution in [0.15, 0.2) is 22.8 Å². The molecule has 16 heavy (non-hydrogen) atoms. The molecule has 1 aromatic rings. The molecule has 0 aliphatic rings. The fourth-order valence-electron chi connectivity index (χ4n) is 1.39. The fourth-order valence-corrected chi connectivity index (χ4v) is 1.39. The second kappa shape index (κ2) is 6.33. The number of hydrogen-bond acceptors (Lipinski definition) is 3. The lowest BCUT2D eigenvalue weighted by Gasteiger charge is -2.17. The number of carbonyl (C=O) groups is 1. The summed E-state index contributed by atoms with van der Waals surface area (Å²) in [4.78, 5) is 11.6. The van der Waals surface area contributed by atoms with Crippen LogP contribution in [0.25, 0.3) is 0 Å². The van der Waals surface area contributed by atoms with Crippen molar-refractivity contribution < 1.29 is 9.21 Å². The third-order valence-corrected chi connectivity index (χ3v) is 2.81. The summed E-state index contributed by atoms with van der Waals surface area (Å²) in [6, 6.07) is 3.31. The summed E-state index contributed by atoms with van der Waals surface area (Å²) in [6.45, 7) is 4.58. The zero-order chi connectivity index (χ0) is 12.0.